The summed E-state index contributed by atoms with van der Waals surface area (Å²) in [7, 11) is -7.79. The summed E-state index contributed by atoms with van der Waals surface area (Å²) >= 11 is 0. The van der Waals surface area contributed by atoms with E-state index in [0.717, 1.165) is 0 Å². The highest BCUT2D eigenvalue weighted by molar-refractivity contribution is 7.86. The van der Waals surface area contributed by atoms with Gasteiger partial charge in [0.1, 0.15) is 0 Å². The van der Waals surface area contributed by atoms with Crippen LogP contribution >= 0.6 is 0 Å². The zero-order chi connectivity index (χ0) is 15.0. The summed E-state index contributed by atoms with van der Waals surface area (Å²) in [6.45, 7) is 7.21. The molecule has 9 heteroatoms. The Balaban J connectivity index is 5.27. The molecule has 2 unspecified atom stereocenters. The molecule has 0 aliphatic carbocycles. The fourth-order valence-corrected chi connectivity index (χ4v) is 5.82. The van der Waals surface area contributed by atoms with Crippen LogP contribution in [0.3, 0.4) is 0 Å². The van der Waals surface area contributed by atoms with Crippen LogP contribution in [0.2, 0.25) is 17.6 Å². The Hall–Kier alpha value is -0.123. The summed E-state index contributed by atoms with van der Waals surface area (Å²) in [5.41, 5.74) is 0. The smallest absolute Gasteiger partial charge is 0.334 e. The minimum absolute atomic E-state index is 0.325. The van der Waals surface area contributed by atoms with Gasteiger partial charge in [-0.25, -0.2) is 0 Å². The van der Waals surface area contributed by atoms with E-state index in [9.17, 15) is 21.6 Å². The van der Waals surface area contributed by atoms with Gasteiger partial charge in [0.25, 0.3) is 10.1 Å². The van der Waals surface area contributed by atoms with Gasteiger partial charge in [-0.1, -0.05) is 20.8 Å². The third kappa shape index (κ3) is 5.25. The van der Waals surface area contributed by atoms with E-state index < -0.39 is 35.1 Å². The van der Waals surface area contributed by atoms with E-state index in [1.54, 1.807) is 20.8 Å². The standard InChI is InChI=1S/C9H19F3O4SSi/c1-7(17(13,14)15)6-18(5,8(2,3)4)16-9(10,11)12/h7H,6H2,1-5H3,(H,13,14,15). The van der Waals surface area contributed by atoms with Crippen molar-refractivity contribution in [2.24, 2.45) is 0 Å². The molecule has 0 saturated carbocycles. The summed E-state index contributed by atoms with van der Waals surface area (Å²) in [6.07, 6.45) is -4.81. The molecule has 0 amide bonds. The largest absolute Gasteiger partial charge is 0.512 e. The molecular formula is C9H19F3O4SSi. The van der Waals surface area contributed by atoms with Gasteiger partial charge in [-0.05, 0) is 24.6 Å². The first-order chi connectivity index (χ1) is 7.58. The highest BCUT2D eigenvalue weighted by Gasteiger charge is 2.51. The van der Waals surface area contributed by atoms with Crippen molar-refractivity contribution >= 4 is 18.4 Å². The van der Waals surface area contributed by atoms with Crippen LogP contribution < -0.4 is 0 Å². The average molecular weight is 308 g/mol. The molecule has 1 N–H and O–H groups in total. The van der Waals surface area contributed by atoms with E-state index in [1.807, 2.05) is 0 Å². The van der Waals surface area contributed by atoms with Crippen molar-refractivity contribution in [1.29, 1.82) is 0 Å². The first-order valence-corrected chi connectivity index (χ1v) is 9.43. The first kappa shape index (κ1) is 17.9. The molecule has 0 aliphatic heterocycles. The summed E-state index contributed by atoms with van der Waals surface area (Å²) in [6, 6.07) is -0.325. The van der Waals surface area contributed by atoms with E-state index in [-0.39, 0.29) is 6.04 Å². The minimum atomic E-state index is -4.81. The predicted octanol–water partition coefficient (Wildman–Crippen LogP) is 3.17. The SMILES string of the molecule is CC(C[Si](C)(OC(F)(F)F)C(C)(C)C)S(=O)(=O)O. The number of rotatable bonds is 4. The Morgan fingerprint density at radius 2 is 1.67 bits per heavy atom. The maximum Gasteiger partial charge on any atom is 0.512 e. The van der Waals surface area contributed by atoms with Crippen molar-refractivity contribution < 1.29 is 30.6 Å². The topological polar surface area (TPSA) is 63.6 Å². The molecule has 4 nitrogen and oxygen atoms in total. The fourth-order valence-electron chi connectivity index (χ4n) is 1.41. The molecule has 0 aromatic carbocycles. The molecule has 0 rings (SSSR count). The lowest BCUT2D eigenvalue weighted by Crippen LogP contribution is -2.50. The van der Waals surface area contributed by atoms with Crippen LogP contribution in [-0.4, -0.2) is 32.9 Å². The average Bonchev–Trinajstić information content (AvgIpc) is 1.95. The van der Waals surface area contributed by atoms with Gasteiger partial charge in [0.2, 0.25) is 8.32 Å². The predicted molar refractivity (Wildman–Crippen MR) is 64.3 cm³/mol. The van der Waals surface area contributed by atoms with Crippen LogP contribution in [0.15, 0.2) is 0 Å². The molecule has 0 radical (unpaired) electrons. The van der Waals surface area contributed by atoms with E-state index in [1.165, 1.54) is 13.5 Å². The van der Waals surface area contributed by atoms with Gasteiger partial charge in [-0.3, -0.25) is 4.55 Å². The zero-order valence-electron chi connectivity index (χ0n) is 11.0. The fraction of sp³-hybridized carbons (Fsp3) is 1.00. The summed E-state index contributed by atoms with van der Waals surface area (Å²) < 4.78 is 72.3. The molecule has 0 bridgehead atoms. The van der Waals surface area contributed by atoms with Crippen molar-refractivity contribution in [3.8, 4) is 0 Å². The summed E-state index contributed by atoms with van der Waals surface area (Å²) in [5, 5.41) is -2.10. The lowest BCUT2D eigenvalue weighted by Gasteiger charge is -2.40. The van der Waals surface area contributed by atoms with Crippen molar-refractivity contribution in [3.05, 3.63) is 0 Å². The molecule has 110 valence electrons. The molecule has 0 aromatic rings. The molecule has 0 saturated heterocycles. The van der Waals surface area contributed by atoms with E-state index in [4.69, 9.17) is 4.55 Å². The number of hydrogen-bond donors (Lipinski definition) is 1. The Kier molecular flexibility index (Phi) is 5.07. The Labute approximate surface area is 106 Å². The van der Waals surface area contributed by atoms with Crippen molar-refractivity contribution in [1.82, 2.24) is 0 Å². The summed E-state index contributed by atoms with van der Waals surface area (Å²) in [5.74, 6) is 0. The van der Waals surface area contributed by atoms with Gasteiger partial charge < -0.3 is 4.43 Å². The summed E-state index contributed by atoms with van der Waals surface area (Å²) in [4.78, 5) is 0. The van der Waals surface area contributed by atoms with E-state index in [2.05, 4.69) is 4.43 Å². The maximum atomic E-state index is 12.4. The van der Waals surface area contributed by atoms with E-state index >= 15 is 0 Å². The third-order valence-electron chi connectivity index (χ3n) is 3.11. The molecule has 0 heterocycles. The van der Waals surface area contributed by atoms with Crippen LogP contribution in [0.1, 0.15) is 27.7 Å². The van der Waals surface area contributed by atoms with Crippen molar-refractivity contribution in [3.63, 3.8) is 0 Å². The molecule has 0 spiro atoms. The Morgan fingerprint density at radius 3 is 1.89 bits per heavy atom. The monoisotopic (exact) mass is 308 g/mol. The van der Waals surface area contributed by atoms with Gasteiger partial charge in [0, 0.05) is 0 Å². The minimum Gasteiger partial charge on any atom is -0.334 e. The van der Waals surface area contributed by atoms with Crippen LogP contribution in [0.4, 0.5) is 13.2 Å². The normalized spacial score (nSPS) is 19.4. The van der Waals surface area contributed by atoms with Crippen LogP contribution in [-0.2, 0) is 14.5 Å². The second-order valence-corrected chi connectivity index (χ2v) is 12.0. The number of alkyl halides is 3. The highest BCUT2D eigenvalue weighted by Crippen LogP contribution is 2.44. The molecule has 0 aliphatic rings. The molecular weight excluding hydrogens is 289 g/mol. The second kappa shape index (κ2) is 5.10. The number of hydrogen-bond acceptors (Lipinski definition) is 3. The lowest BCUT2D eigenvalue weighted by atomic mass is 10.2. The van der Waals surface area contributed by atoms with Crippen LogP contribution in [0.25, 0.3) is 0 Å². The molecule has 0 aromatic heterocycles. The maximum absolute atomic E-state index is 12.4. The first-order valence-electron chi connectivity index (χ1n) is 5.32. The van der Waals surface area contributed by atoms with E-state index in [0.29, 0.717) is 0 Å². The van der Waals surface area contributed by atoms with Crippen LogP contribution in [0.5, 0.6) is 0 Å². The van der Waals surface area contributed by atoms with Gasteiger partial charge >= 0.3 is 6.36 Å². The molecule has 2 atom stereocenters. The number of halogens is 3. The highest BCUT2D eigenvalue weighted by atomic mass is 32.2. The second-order valence-electron chi connectivity index (χ2n) is 5.56. The third-order valence-corrected chi connectivity index (χ3v) is 9.84. The zero-order valence-corrected chi connectivity index (χ0v) is 12.8. The molecule has 0 fully saturated rings. The van der Waals surface area contributed by atoms with Gasteiger partial charge in [-0.2, -0.15) is 8.42 Å². The van der Waals surface area contributed by atoms with Crippen molar-refractivity contribution in [2.45, 2.75) is 56.9 Å². The van der Waals surface area contributed by atoms with Crippen LogP contribution in [0, 0.1) is 0 Å². The van der Waals surface area contributed by atoms with Gasteiger partial charge in [0.15, 0.2) is 0 Å². The van der Waals surface area contributed by atoms with Gasteiger partial charge in [-0.15, -0.1) is 13.2 Å². The Bertz CT molecular complexity index is 388. The quantitative estimate of drug-likeness (QED) is 0.640. The lowest BCUT2D eigenvalue weighted by molar-refractivity contribution is -0.283. The van der Waals surface area contributed by atoms with Gasteiger partial charge in [0.05, 0.1) is 5.25 Å². The molecule has 18 heavy (non-hydrogen) atoms. The van der Waals surface area contributed by atoms with Crippen molar-refractivity contribution in [2.75, 3.05) is 0 Å². The Morgan fingerprint density at radius 1 is 1.28 bits per heavy atom.